The van der Waals surface area contributed by atoms with Crippen molar-refractivity contribution in [2.24, 2.45) is 17.4 Å². The molecule has 3 unspecified atom stereocenters. The van der Waals surface area contributed by atoms with Gasteiger partial charge in [-0.1, -0.05) is 6.07 Å². The number of alkyl halides is 1. The largest absolute Gasteiger partial charge is 0.393 e. The molecule has 0 spiro atoms. The quantitative estimate of drug-likeness (QED) is 0.605. The summed E-state index contributed by atoms with van der Waals surface area (Å²) in [6, 6.07) is 3.91. The number of hydrogen-bond acceptors (Lipinski definition) is 4. The van der Waals surface area contributed by atoms with Crippen LogP contribution in [0.4, 0.5) is 4.39 Å². The van der Waals surface area contributed by atoms with Crippen LogP contribution < -0.4 is 11.5 Å². The number of amides is 2. The minimum Gasteiger partial charge on any atom is -0.393 e. The van der Waals surface area contributed by atoms with Crippen molar-refractivity contribution in [3.05, 3.63) is 22.4 Å². The standard InChI is InChI=1S/C15H23FN2O3S/c1-15(16,14(18)21)7-6-10(13(17)20)9-11(19)4-5-12-3-2-8-22-12/h2-3,8,10-11,19H,4-7,9H2,1H3,(H2,17,20)(H2,18,21). The van der Waals surface area contributed by atoms with Gasteiger partial charge in [0.05, 0.1) is 6.10 Å². The number of aliphatic hydroxyl groups excluding tert-OH is 1. The van der Waals surface area contributed by atoms with E-state index in [1.807, 2.05) is 17.5 Å². The first-order chi connectivity index (χ1) is 10.2. The molecule has 0 aliphatic rings. The zero-order chi connectivity index (χ0) is 16.8. The van der Waals surface area contributed by atoms with E-state index in [9.17, 15) is 19.1 Å². The number of thiophene rings is 1. The van der Waals surface area contributed by atoms with Crippen molar-refractivity contribution in [3.8, 4) is 0 Å². The molecule has 0 radical (unpaired) electrons. The zero-order valence-electron chi connectivity index (χ0n) is 12.6. The van der Waals surface area contributed by atoms with Gasteiger partial charge in [-0.3, -0.25) is 9.59 Å². The number of carbonyl (C=O) groups is 2. The van der Waals surface area contributed by atoms with E-state index in [1.165, 1.54) is 0 Å². The van der Waals surface area contributed by atoms with Crippen molar-refractivity contribution in [2.75, 3.05) is 0 Å². The maximum absolute atomic E-state index is 13.8. The summed E-state index contributed by atoms with van der Waals surface area (Å²) in [6.07, 6.45) is 0.586. The molecule has 0 bridgehead atoms. The van der Waals surface area contributed by atoms with Gasteiger partial charge in [-0.05, 0) is 50.5 Å². The Morgan fingerprint density at radius 3 is 2.59 bits per heavy atom. The van der Waals surface area contributed by atoms with E-state index >= 15 is 0 Å². The number of aryl methyl sites for hydroxylation is 1. The van der Waals surface area contributed by atoms with Gasteiger partial charge >= 0.3 is 0 Å². The third-order valence-corrected chi connectivity index (χ3v) is 4.68. The van der Waals surface area contributed by atoms with Crippen LogP contribution in [0, 0.1) is 5.92 Å². The Bertz CT molecular complexity index is 491. The van der Waals surface area contributed by atoms with E-state index in [2.05, 4.69) is 0 Å². The number of halogens is 1. The van der Waals surface area contributed by atoms with E-state index < -0.39 is 29.5 Å². The molecule has 22 heavy (non-hydrogen) atoms. The summed E-state index contributed by atoms with van der Waals surface area (Å²) < 4.78 is 13.8. The lowest BCUT2D eigenvalue weighted by Gasteiger charge is -2.21. The average Bonchev–Trinajstić information content (AvgIpc) is 2.93. The molecule has 1 heterocycles. The number of nitrogens with two attached hydrogens (primary N) is 2. The molecule has 0 aliphatic carbocycles. The van der Waals surface area contributed by atoms with Gasteiger partial charge in [0, 0.05) is 10.8 Å². The molecular weight excluding hydrogens is 307 g/mol. The smallest absolute Gasteiger partial charge is 0.254 e. The third kappa shape index (κ3) is 6.11. The first kappa shape index (κ1) is 18.6. The molecule has 0 fully saturated rings. The Morgan fingerprint density at radius 1 is 1.41 bits per heavy atom. The first-order valence-electron chi connectivity index (χ1n) is 7.21. The van der Waals surface area contributed by atoms with Gasteiger partial charge in [0.2, 0.25) is 5.91 Å². The highest BCUT2D eigenvalue weighted by molar-refractivity contribution is 7.09. The normalized spacial score (nSPS) is 16.7. The summed E-state index contributed by atoms with van der Waals surface area (Å²) in [7, 11) is 0. The number of carbonyl (C=O) groups excluding carboxylic acids is 2. The minimum absolute atomic E-state index is 0.0847. The monoisotopic (exact) mass is 330 g/mol. The van der Waals surface area contributed by atoms with Crippen LogP contribution >= 0.6 is 11.3 Å². The van der Waals surface area contributed by atoms with Crippen molar-refractivity contribution in [3.63, 3.8) is 0 Å². The Balaban J connectivity index is 2.46. The molecule has 1 aromatic heterocycles. The highest BCUT2D eigenvalue weighted by Crippen LogP contribution is 2.24. The van der Waals surface area contributed by atoms with Gasteiger partial charge < -0.3 is 16.6 Å². The van der Waals surface area contributed by atoms with Crippen LogP contribution in [0.1, 0.15) is 37.5 Å². The third-order valence-electron chi connectivity index (χ3n) is 3.74. The van der Waals surface area contributed by atoms with Gasteiger partial charge in [-0.25, -0.2) is 4.39 Å². The lowest BCUT2D eigenvalue weighted by atomic mass is 9.89. The van der Waals surface area contributed by atoms with Crippen molar-refractivity contribution < 1.29 is 19.1 Å². The molecule has 0 saturated heterocycles. The molecule has 0 aromatic carbocycles. The lowest BCUT2D eigenvalue weighted by molar-refractivity contribution is -0.130. The molecule has 5 N–H and O–H groups in total. The Labute approximate surface area is 133 Å². The predicted octanol–water partition coefficient (Wildman–Crippen LogP) is 1.53. The number of rotatable bonds is 10. The van der Waals surface area contributed by atoms with Gasteiger partial charge in [0.1, 0.15) is 0 Å². The van der Waals surface area contributed by atoms with Crippen LogP contribution in [0.2, 0.25) is 0 Å². The maximum atomic E-state index is 13.8. The summed E-state index contributed by atoms with van der Waals surface area (Å²) in [4.78, 5) is 23.5. The fraction of sp³-hybridized carbons (Fsp3) is 0.600. The summed E-state index contributed by atoms with van der Waals surface area (Å²) >= 11 is 1.60. The Morgan fingerprint density at radius 2 is 2.09 bits per heavy atom. The van der Waals surface area contributed by atoms with E-state index in [0.29, 0.717) is 12.8 Å². The summed E-state index contributed by atoms with van der Waals surface area (Å²) in [6.45, 7) is 1.08. The Kier molecular flexibility index (Phi) is 6.96. The van der Waals surface area contributed by atoms with Crippen LogP contribution in [0.3, 0.4) is 0 Å². The average molecular weight is 330 g/mol. The topological polar surface area (TPSA) is 106 Å². The fourth-order valence-electron chi connectivity index (χ4n) is 2.15. The van der Waals surface area contributed by atoms with Gasteiger partial charge in [0.15, 0.2) is 5.67 Å². The number of hydrogen-bond donors (Lipinski definition) is 3. The number of aliphatic hydroxyl groups is 1. The van der Waals surface area contributed by atoms with Crippen LogP contribution in [0.5, 0.6) is 0 Å². The molecule has 1 aromatic rings. The van der Waals surface area contributed by atoms with Crippen molar-refractivity contribution in [1.29, 1.82) is 0 Å². The maximum Gasteiger partial charge on any atom is 0.254 e. The second-order valence-electron chi connectivity index (χ2n) is 5.71. The Hall–Kier alpha value is -1.47. The van der Waals surface area contributed by atoms with Crippen LogP contribution in [0.15, 0.2) is 17.5 Å². The fourth-order valence-corrected chi connectivity index (χ4v) is 2.88. The molecule has 2 amide bonds. The molecule has 0 aliphatic heterocycles. The second-order valence-corrected chi connectivity index (χ2v) is 6.74. The molecule has 124 valence electrons. The molecule has 5 nitrogen and oxygen atoms in total. The predicted molar refractivity (Wildman–Crippen MR) is 83.9 cm³/mol. The van der Waals surface area contributed by atoms with Gasteiger partial charge in [0.25, 0.3) is 5.91 Å². The van der Waals surface area contributed by atoms with E-state index in [4.69, 9.17) is 11.5 Å². The van der Waals surface area contributed by atoms with Crippen LogP contribution in [0.25, 0.3) is 0 Å². The van der Waals surface area contributed by atoms with E-state index in [-0.39, 0.29) is 19.3 Å². The molecule has 0 saturated carbocycles. The zero-order valence-corrected chi connectivity index (χ0v) is 13.4. The van der Waals surface area contributed by atoms with Crippen LogP contribution in [-0.4, -0.2) is 28.7 Å². The van der Waals surface area contributed by atoms with Crippen LogP contribution in [-0.2, 0) is 16.0 Å². The number of primary amides is 2. The minimum atomic E-state index is -2.17. The molecular formula is C15H23FN2O3S. The van der Waals surface area contributed by atoms with E-state index in [0.717, 1.165) is 11.8 Å². The lowest BCUT2D eigenvalue weighted by Crippen LogP contribution is -2.38. The molecule has 1 rings (SSSR count). The highest BCUT2D eigenvalue weighted by atomic mass is 32.1. The van der Waals surface area contributed by atoms with Gasteiger partial charge in [-0.2, -0.15) is 0 Å². The summed E-state index contributed by atoms with van der Waals surface area (Å²) in [5, 5.41) is 12.0. The van der Waals surface area contributed by atoms with E-state index in [1.54, 1.807) is 11.3 Å². The highest BCUT2D eigenvalue weighted by Gasteiger charge is 2.32. The second kappa shape index (κ2) is 8.24. The summed E-state index contributed by atoms with van der Waals surface area (Å²) in [5.74, 6) is -2.34. The van der Waals surface area contributed by atoms with Crippen molar-refractivity contribution in [2.45, 2.75) is 50.8 Å². The SMILES string of the molecule is CC(F)(CCC(CC(O)CCc1cccs1)C(N)=O)C(N)=O. The van der Waals surface area contributed by atoms with Crippen molar-refractivity contribution in [1.82, 2.24) is 0 Å². The summed E-state index contributed by atoms with van der Waals surface area (Å²) in [5.41, 5.74) is 8.08. The molecule has 7 heteroatoms. The molecule has 3 atom stereocenters. The van der Waals surface area contributed by atoms with Gasteiger partial charge in [-0.15, -0.1) is 11.3 Å². The first-order valence-corrected chi connectivity index (χ1v) is 8.09. The van der Waals surface area contributed by atoms with Crippen molar-refractivity contribution >= 4 is 23.2 Å².